The van der Waals surface area contributed by atoms with Gasteiger partial charge in [-0.05, 0) is 31.1 Å². The van der Waals surface area contributed by atoms with Gasteiger partial charge in [0.15, 0.2) is 5.69 Å². The largest absolute Gasteiger partial charge is 0.476 e. The Labute approximate surface area is 117 Å². The smallest absolute Gasteiger partial charge is 0.358 e. The zero-order valence-corrected chi connectivity index (χ0v) is 11.8. The topological polar surface area (TPSA) is 97.1 Å². The van der Waals surface area contributed by atoms with Crippen LogP contribution in [0.5, 0.6) is 0 Å². The quantitative estimate of drug-likeness (QED) is 0.766. The molecule has 0 saturated heterocycles. The molecule has 1 aromatic rings. The van der Waals surface area contributed by atoms with Crippen LogP contribution in [-0.2, 0) is 17.8 Å². The molecule has 1 fully saturated rings. The third kappa shape index (κ3) is 3.79. The molecule has 2 N–H and O–H groups in total. The molecule has 7 heteroatoms. The number of aromatic nitrogens is 3. The highest BCUT2D eigenvalue weighted by molar-refractivity contribution is 5.86. The van der Waals surface area contributed by atoms with Gasteiger partial charge < -0.3 is 10.4 Å². The van der Waals surface area contributed by atoms with Crippen molar-refractivity contribution in [1.82, 2.24) is 20.3 Å². The highest BCUT2D eigenvalue weighted by atomic mass is 16.4. The maximum absolute atomic E-state index is 11.8. The number of carbonyl (C=O) groups is 2. The molecule has 1 saturated carbocycles. The molecule has 7 nitrogen and oxygen atoms in total. The number of aromatic carboxylic acids is 1. The zero-order chi connectivity index (χ0) is 14.7. The molecule has 0 bridgehead atoms. The SMILES string of the molecule is CC(C)Cc1c(C(=O)O)nnn1CC(=O)NCC1CC1. The molecule has 2 rings (SSSR count). The Balaban J connectivity index is 2.04. The fourth-order valence-corrected chi connectivity index (χ4v) is 1.99. The Kier molecular flexibility index (Phi) is 4.36. The molecule has 1 amide bonds. The highest BCUT2D eigenvalue weighted by Gasteiger charge is 2.23. The van der Waals surface area contributed by atoms with E-state index in [2.05, 4.69) is 15.6 Å². The van der Waals surface area contributed by atoms with Crippen LogP contribution in [0.15, 0.2) is 0 Å². The summed E-state index contributed by atoms with van der Waals surface area (Å²) in [6.45, 7) is 4.68. The number of carbonyl (C=O) groups excluding carboxylic acids is 1. The van der Waals surface area contributed by atoms with Gasteiger partial charge in [-0.15, -0.1) is 5.10 Å². The summed E-state index contributed by atoms with van der Waals surface area (Å²) in [6.07, 6.45) is 2.88. The Morgan fingerprint density at radius 1 is 1.45 bits per heavy atom. The number of carboxylic acids is 1. The molecule has 0 radical (unpaired) electrons. The second-order valence-electron chi connectivity index (χ2n) is 5.69. The second kappa shape index (κ2) is 6.02. The number of nitrogens with one attached hydrogen (secondary N) is 1. The third-order valence-corrected chi connectivity index (χ3v) is 3.22. The summed E-state index contributed by atoms with van der Waals surface area (Å²) in [4.78, 5) is 22.9. The van der Waals surface area contributed by atoms with E-state index in [9.17, 15) is 9.59 Å². The minimum absolute atomic E-state index is 0.0229. The van der Waals surface area contributed by atoms with Crippen molar-refractivity contribution in [2.45, 2.75) is 39.7 Å². The molecule has 0 spiro atoms. The van der Waals surface area contributed by atoms with Crippen molar-refractivity contribution in [1.29, 1.82) is 0 Å². The molecular weight excluding hydrogens is 260 g/mol. The number of carboxylic acid groups (broad SMARTS) is 1. The molecule has 110 valence electrons. The van der Waals surface area contributed by atoms with Crippen LogP contribution < -0.4 is 5.32 Å². The summed E-state index contributed by atoms with van der Waals surface area (Å²) in [5.41, 5.74) is 0.447. The molecule has 0 aromatic carbocycles. The van der Waals surface area contributed by atoms with Gasteiger partial charge in [-0.2, -0.15) is 0 Å². The van der Waals surface area contributed by atoms with E-state index in [1.54, 1.807) is 0 Å². The Morgan fingerprint density at radius 2 is 2.15 bits per heavy atom. The highest BCUT2D eigenvalue weighted by Crippen LogP contribution is 2.27. The predicted octanol–water partition coefficient (Wildman–Crippen LogP) is 0.701. The lowest BCUT2D eigenvalue weighted by Crippen LogP contribution is -2.30. The summed E-state index contributed by atoms with van der Waals surface area (Å²) in [5.74, 6) is -0.381. The van der Waals surface area contributed by atoms with E-state index in [4.69, 9.17) is 5.11 Å². The number of hydrogen-bond donors (Lipinski definition) is 2. The van der Waals surface area contributed by atoms with E-state index < -0.39 is 5.97 Å². The minimum Gasteiger partial charge on any atom is -0.476 e. The summed E-state index contributed by atoms with van der Waals surface area (Å²) in [7, 11) is 0. The van der Waals surface area contributed by atoms with E-state index in [1.807, 2.05) is 13.8 Å². The molecular formula is C13H20N4O3. The van der Waals surface area contributed by atoms with Crippen LogP contribution in [0.3, 0.4) is 0 Å². The summed E-state index contributed by atoms with van der Waals surface area (Å²) in [5, 5.41) is 19.4. The molecule has 1 heterocycles. The lowest BCUT2D eigenvalue weighted by atomic mass is 10.1. The minimum atomic E-state index is -1.11. The van der Waals surface area contributed by atoms with Crippen LogP contribution >= 0.6 is 0 Å². The van der Waals surface area contributed by atoms with Gasteiger partial charge in [0.1, 0.15) is 6.54 Å². The second-order valence-corrected chi connectivity index (χ2v) is 5.69. The zero-order valence-electron chi connectivity index (χ0n) is 11.8. The first kappa shape index (κ1) is 14.5. The van der Waals surface area contributed by atoms with Gasteiger partial charge >= 0.3 is 5.97 Å². The fourth-order valence-electron chi connectivity index (χ4n) is 1.99. The van der Waals surface area contributed by atoms with Gasteiger partial charge in [-0.3, -0.25) is 4.79 Å². The lowest BCUT2D eigenvalue weighted by molar-refractivity contribution is -0.122. The van der Waals surface area contributed by atoms with Crippen molar-refractivity contribution in [3.63, 3.8) is 0 Å². The Morgan fingerprint density at radius 3 is 2.70 bits per heavy atom. The fraction of sp³-hybridized carbons (Fsp3) is 0.692. The monoisotopic (exact) mass is 280 g/mol. The normalized spacial score (nSPS) is 14.6. The number of amides is 1. The maximum atomic E-state index is 11.8. The van der Waals surface area contributed by atoms with Gasteiger partial charge in [0.25, 0.3) is 0 Å². The molecule has 20 heavy (non-hydrogen) atoms. The van der Waals surface area contributed by atoms with Crippen molar-refractivity contribution in [3.05, 3.63) is 11.4 Å². The number of nitrogens with zero attached hydrogens (tertiary/aromatic N) is 3. The standard InChI is InChI=1S/C13H20N4O3/c1-8(2)5-10-12(13(19)20)15-16-17(10)7-11(18)14-6-9-3-4-9/h8-9H,3-7H2,1-2H3,(H,14,18)(H,19,20). The first-order chi connectivity index (χ1) is 9.47. The Hall–Kier alpha value is -1.92. The summed E-state index contributed by atoms with van der Waals surface area (Å²) >= 11 is 0. The molecule has 1 aromatic heterocycles. The number of hydrogen-bond acceptors (Lipinski definition) is 4. The van der Waals surface area contributed by atoms with Crippen molar-refractivity contribution in [3.8, 4) is 0 Å². The van der Waals surface area contributed by atoms with Crippen molar-refractivity contribution < 1.29 is 14.7 Å². The van der Waals surface area contributed by atoms with Gasteiger partial charge in [0.05, 0.1) is 5.69 Å². The molecule has 0 unspecified atom stereocenters. The first-order valence-corrected chi connectivity index (χ1v) is 6.89. The van der Waals surface area contributed by atoms with Gasteiger partial charge in [0.2, 0.25) is 5.91 Å². The molecule has 0 atom stereocenters. The first-order valence-electron chi connectivity index (χ1n) is 6.89. The van der Waals surface area contributed by atoms with Gasteiger partial charge in [-0.25, -0.2) is 9.48 Å². The van der Waals surface area contributed by atoms with E-state index >= 15 is 0 Å². The number of rotatable bonds is 7. The summed E-state index contributed by atoms with van der Waals surface area (Å²) < 4.78 is 1.39. The van der Waals surface area contributed by atoms with Gasteiger partial charge in [-0.1, -0.05) is 19.1 Å². The molecule has 1 aliphatic rings. The van der Waals surface area contributed by atoms with E-state index in [-0.39, 0.29) is 24.1 Å². The predicted molar refractivity (Wildman–Crippen MR) is 71.3 cm³/mol. The lowest BCUT2D eigenvalue weighted by Gasteiger charge is -2.09. The third-order valence-electron chi connectivity index (χ3n) is 3.22. The summed E-state index contributed by atoms with van der Waals surface area (Å²) in [6, 6.07) is 0. The van der Waals surface area contributed by atoms with Gasteiger partial charge in [0, 0.05) is 6.54 Å². The van der Waals surface area contributed by atoms with Crippen LogP contribution in [-0.4, -0.2) is 38.5 Å². The Bertz CT molecular complexity index is 506. The molecule has 0 aliphatic heterocycles. The average molecular weight is 280 g/mol. The molecule has 1 aliphatic carbocycles. The van der Waals surface area contributed by atoms with Crippen LogP contribution in [0.1, 0.15) is 42.9 Å². The maximum Gasteiger partial charge on any atom is 0.358 e. The van der Waals surface area contributed by atoms with Crippen LogP contribution in [0.4, 0.5) is 0 Å². The average Bonchev–Trinajstić information content (AvgIpc) is 3.10. The van der Waals surface area contributed by atoms with E-state index in [0.29, 0.717) is 24.6 Å². The van der Waals surface area contributed by atoms with E-state index in [1.165, 1.54) is 17.5 Å². The van der Waals surface area contributed by atoms with Crippen molar-refractivity contribution >= 4 is 11.9 Å². The van der Waals surface area contributed by atoms with Crippen LogP contribution in [0.25, 0.3) is 0 Å². The van der Waals surface area contributed by atoms with Crippen LogP contribution in [0.2, 0.25) is 0 Å². The van der Waals surface area contributed by atoms with Crippen LogP contribution in [0, 0.1) is 11.8 Å². The van der Waals surface area contributed by atoms with Crippen molar-refractivity contribution in [2.24, 2.45) is 11.8 Å². The van der Waals surface area contributed by atoms with E-state index in [0.717, 1.165) is 0 Å². The van der Waals surface area contributed by atoms with Crippen molar-refractivity contribution in [2.75, 3.05) is 6.54 Å².